The molecule has 0 fully saturated rings. The number of hydrogen-bond acceptors (Lipinski definition) is 5. The molecule has 6 nitrogen and oxygen atoms in total. The molecule has 1 aliphatic heterocycles. The van der Waals surface area contributed by atoms with Gasteiger partial charge in [-0.15, -0.1) is 0 Å². The van der Waals surface area contributed by atoms with Crippen LogP contribution in [0.3, 0.4) is 0 Å². The van der Waals surface area contributed by atoms with Crippen molar-refractivity contribution >= 4 is 63.1 Å². The van der Waals surface area contributed by atoms with E-state index in [1.807, 2.05) is 30.3 Å². The number of nitrogens with one attached hydrogen (secondary N) is 1. The molecule has 0 unspecified atom stereocenters. The molecule has 2 amide bonds. The summed E-state index contributed by atoms with van der Waals surface area (Å²) in [7, 11) is 0. The SMILES string of the molecule is O=C(Oc1ccc2ccccc2c1)c1ccc(NC2=C(Cl)C(=O)N(c3ccccc3Cl)C2=O)cc1. The topological polar surface area (TPSA) is 75.7 Å². The smallest absolute Gasteiger partial charge is 0.343 e. The maximum absolute atomic E-state index is 12.9. The number of halogens is 2. The molecule has 1 aliphatic rings. The molecule has 4 aromatic rings. The van der Waals surface area contributed by atoms with Gasteiger partial charge in [0.1, 0.15) is 16.5 Å². The third kappa shape index (κ3) is 4.37. The number of rotatable bonds is 5. The number of carbonyl (C=O) groups excluding carboxylic acids is 3. The molecule has 0 saturated carbocycles. The number of imide groups is 1. The molecule has 172 valence electrons. The second kappa shape index (κ2) is 9.25. The average Bonchev–Trinajstić information content (AvgIpc) is 3.07. The maximum atomic E-state index is 12.9. The summed E-state index contributed by atoms with van der Waals surface area (Å²) in [6.07, 6.45) is 0. The van der Waals surface area contributed by atoms with Crippen LogP contribution in [0.25, 0.3) is 10.8 Å². The van der Waals surface area contributed by atoms with Crippen molar-refractivity contribution in [1.82, 2.24) is 0 Å². The molecule has 35 heavy (non-hydrogen) atoms. The van der Waals surface area contributed by atoms with E-state index in [1.165, 1.54) is 0 Å². The summed E-state index contributed by atoms with van der Waals surface area (Å²) in [5.41, 5.74) is 0.937. The summed E-state index contributed by atoms with van der Waals surface area (Å²) < 4.78 is 5.50. The largest absolute Gasteiger partial charge is 0.423 e. The van der Waals surface area contributed by atoms with E-state index < -0.39 is 17.8 Å². The minimum Gasteiger partial charge on any atom is -0.423 e. The predicted octanol–water partition coefficient (Wildman–Crippen LogP) is 6.15. The molecule has 8 heteroatoms. The Morgan fingerprint density at radius 3 is 2.20 bits per heavy atom. The van der Waals surface area contributed by atoms with Crippen LogP contribution in [0.2, 0.25) is 5.02 Å². The van der Waals surface area contributed by atoms with Crippen LogP contribution in [0.1, 0.15) is 10.4 Å². The van der Waals surface area contributed by atoms with Crippen molar-refractivity contribution < 1.29 is 19.1 Å². The van der Waals surface area contributed by atoms with Crippen LogP contribution in [0.15, 0.2) is 102 Å². The molecular weight excluding hydrogens is 487 g/mol. The number of carbonyl (C=O) groups is 3. The van der Waals surface area contributed by atoms with Crippen molar-refractivity contribution in [2.24, 2.45) is 0 Å². The van der Waals surface area contributed by atoms with E-state index in [1.54, 1.807) is 60.7 Å². The van der Waals surface area contributed by atoms with E-state index in [2.05, 4.69) is 5.32 Å². The number of anilines is 2. The Hall–Kier alpha value is -4.13. The lowest BCUT2D eigenvalue weighted by Crippen LogP contribution is -2.32. The van der Waals surface area contributed by atoms with Gasteiger partial charge in [-0.2, -0.15) is 0 Å². The van der Waals surface area contributed by atoms with Crippen molar-refractivity contribution in [3.8, 4) is 5.75 Å². The van der Waals surface area contributed by atoms with Crippen molar-refractivity contribution in [3.63, 3.8) is 0 Å². The van der Waals surface area contributed by atoms with E-state index in [-0.39, 0.29) is 21.4 Å². The van der Waals surface area contributed by atoms with Crippen LogP contribution >= 0.6 is 23.2 Å². The number of esters is 1. The highest BCUT2D eigenvalue weighted by Gasteiger charge is 2.39. The summed E-state index contributed by atoms with van der Waals surface area (Å²) in [4.78, 5) is 39.1. The summed E-state index contributed by atoms with van der Waals surface area (Å²) in [5.74, 6) is -1.40. The lowest BCUT2D eigenvalue weighted by atomic mass is 10.1. The number of ether oxygens (including phenoxy) is 1. The first-order chi connectivity index (χ1) is 16.9. The van der Waals surface area contributed by atoms with Gasteiger partial charge in [0, 0.05) is 5.69 Å². The zero-order valence-corrected chi connectivity index (χ0v) is 19.5. The Labute approximate surface area is 210 Å². The normalized spacial score (nSPS) is 13.5. The minimum absolute atomic E-state index is 0.0805. The molecule has 1 N–H and O–H groups in total. The van der Waals surface area contributed by atoms with E-state index in [0.29, 0.717) is 17.0 Å². The van der Waals surface area contributed by atoms with Gasteiger partial charge in [-0.1, -0.05) is 65.7 Å². The van der Waals surface area contributed by atoms with Gasteiger partial charge < -0.3 is 10.1 Å². The Balaban J connectivity index is 1.30. The van der Waals surface area contributed by atoms with Crippen molar-refractivity contribution in [1.29, 1.82) is 0 Å². The highest BCUT2D eigenvalue weighted by molar-refractivity contribution is 6.53. The van der Waals surface area contributed by atoms with Crippen LogP contribution in [0, 0.1) is 0 Å². The monoisotopic (exact) mass is 502 g/mol. The molecule has 0 aliphatic carbocycles. The van der Waals surface area contributed by atoms with Gasteiger partial charge >= 0.3 is 5.97 Å². The quantitative estimate of drug-likeness (QED) is 0.201. The van der Waals surface area contributed by atoms with Gasteiger partial charge in [-0.25, -0.2) is 9.69 Å². The number of para-hydroxylation sites is 1. The predicted molar refractivity (Wildman–Crippen MR) is 136 cm³/mol. The molecule has 0 atom stereocenters. The Morgan fingerprint density at radius 2 is 1.46 bits per heavy atom. The van der Waals surface area contributed by atoms with Gasteiger partial charge in [0.25, 0.3) is 11.8 Å². The van der Waals surface area contributed by atoms with Gasteiger partial charge in [0.15, 0.2) is 0 Å². The van der Waals surface area contributed by atoms with Crippen LogP contribution in [-0.2, 0) is 9.59 Å². The van der Waals surface area contributed by atoms with Gasteiger partial charge in [-0.3, -0.25) is 9.59 Å². The Kier molecular flexibility index (Phi) is 5.99. The number of amides is 2. The first kappa shape index (κ1) is 22.7. The van der Waals surface area contributed by atoms with Crippen molar-refractivity contribution in [3.05, 3.63) is 112 Å². The first-order valence-electron chi connectivity index (χ1n) is 10.5. The zero-order chi connectivity index (χ0) is 24.5. The van der Waals surface area contributed by atoms with E-state index in [4.69, 9.17) is 27.9 Å². The molecule has 0 saturated heterocycles. The van der Waals surface area contributed by atoms with Gasteiger partial charge in [-0.05, 0) is 59.3 Å². The average molecular weight is 503 g/mol. The summed E-state index contributed by atoms with van der Waals surface area (Å²) >= 11 is 12.3. The Bertz CT molecular complexity index is 1530. The van der Waals surface area contributed by atoms with Crippen molar-refractivity contribution in [2.75, 3.05) is 10.2 Å². The standard InChI is InChI=1S/C27H16Cl2N2O4/c28-21-7-3-4-8-22(21)31-25(32)23(29)24(26(31)33)30-19-12-9-17(10-13-19)27(34)35-20-14-11-16-5-1-2-6-18(16)15-20/h1-15,30H. The number of hydrogen-bond donors (Lipinski definition) is 1. The van der Waals surface area contributed by atoms with E-state index in [0.717, 1.165) is 15.7 Å². The third-order valence-corrected chi connectivity index (χ3v) is 6.11. The fourth-order valence-corrected chi connectivity index (χ4v) is 4.13. The molecule has 0 radical (unpaired) electrons. The molecule has 4 aromatic carbocycles. The van der Waals surface area contributed by atoms with E-state index >= 15 is 0 Å². The van der Waals surface area contributed by atoms with Crippen LogP contribution in [-0.4, -0.2) is 17.8 Å². The molecule has 0 bridgehead atoms. The Morgan fingerprint density at radius 1 is 0.771 bits per heavy atom. The number of benzene rings is 4. The molecule has 5 rings (SSSR count). The number of fused-ring (bicyclic) bond motifs is 1. The second-order valence-electron chi connectivity index (χ2n) is 7.69. The van der Waals surface area contributed by atoms with Gasteiger partial charge in [0.2, 0.25) is 0 Å². The molecular formula is C27H16Cl2N2O4. The van der Waals surface area contributed by atoms with Crippen LogP contribution < -0.4 is 15.0 Å². The van der Waals surface area contributed by atoms with Crippen LogP contribution in [0.5, 0.6) is 5.75 Å². The number of nitrogens with zero attached hydrogens (tertiary/aromatic N) is 1. The zero-order valence-electron chi connectivity index (χ0n) is 18.0. The van der Waals surface area contributed by atoms with E-state index in [9.17, 15) is 14.4 Å². The fourth-order valence-electron chi connectivity index (χ4n) is 3.69. The summed E-state index contributed by atoms with van der Waals surface area (Å²) in [6.45, 7) is 0. The summed E-state index contributed by atoms with van der Waals surface area (Å²) in [5, 5.41) is 4.86. The highest BCUT2D eigenvalue weighted by Crippen LogP contribution is 2.34. The second-order valence-corrected chi connectivity index (χ2v) is 8.47. The van der Waals surface area contributed by atoms with Crippen LogP contribution in [0.4, 0.5) is 11.4 Å². The van der Waals surface area contributed by atoms with Gasteiger partial charge in [0.05, 0.1) is 16.3 Å². The molecule has 0 spiro atoms. The molecule has 0 aromatic heterocycles. The van der Waals surface area contributed by atoms with Crippen molar-refractivity contribution in [2.45, 2.75) is 0 Å². The lowest BCUT2D eigenvalue weighted by molar-refractivity contribution is -0.120. The highest BCUT2D eigenvalue weighted by atomic mass is 35.5. The maximum Gasteiger partial charge on any atom is 0.343 e. The first-order valence-corrected chi connectivity index (χ1v) is 11.3. The summed E-state index contributed by atoms with van der Waals surface area (Å²) in [6, 6.07) is 25.9. The third-order valence-electron chi connectivity index (χ3n) is 5.44. The fraction of sp³-hybridized carbons (Fsp3) is 0. The minimum atomic E-state index is -0.678. The lowest BCUT2D eigenvalue weighted by Gasteiger charge is -2.16. The molecule has 1 heterocycles.